The first-order valence-corrected chi connectivity index (χ1v) is 14.2. The Morgan fingerprint density at radius 2 is 1.81 bits per heavy atom. The second-order valence-electron chi connectivity index (χ2n) is 12.1. The predicted molar refractivity (Wildman–Crippen MR) is 149 cm³/mol. The normalized spacial score (nSPS) is 26.8. The summed E-state index contributed by atoms with van der Waals surface area (Å²) in [5, 5.41) is 1.57. The zero-order valence-corrected chi connectivity index (χ0v) is 23.7. The molecule has 0 bridgehead atoms. The Morgan fingerprint density at radius 1 is 1.08 bits per heavy atom. The summed E-state index contributed by atoms with van der Waals surface area (Å²) in [6.45, 7) is 10.9. The lowest BCUT2D eigenvalue weighted by Crippen LogP contribution is -2.60. The van der Waals surface area contributed by atoms with Gasteiger partial charge in [-0.1, -0.05) is 33.8 Å². The predicted octanol–water partition coefficient (Wildman–Crippen LogP) is 4.99. The van der Waals surface area contributed by atoms with Crippen molar-refractivity contribution in [2.45, 2.75) is 90.4 Å². The van der Waals surface area contributed by atoms with Gasteiger partial charge < -0.3 is 14.7 Å². The van der Waals surface area contributed by atoms with Gasteiger partial charge in [-0.05, 0) is 82.7 Å². The number of amides is 1. The van der Waals surface area contributed by atoms with E-state index in [0.717, 1.165) is 37.4 Å². The zero-order chi connectivity index (χ0) is 26.5. The maximum absolute atomic E-state index is 13.6. The van der Waals surface area contributed by atoms with Gasteiger partial charge in [0.2, 0.25) is 0 Å². The molecular weight excluding hydrogens is 462 g/mol. The molecule has 1 amide bonds. The van der Waals surface area contributed by atoms with Gasteiger partial charge >= 0.3 is 0 Å². The molecule has 1 aliphatic carbocycles. The summed E-state index contributed by atoms with van der Waals surface area (Å²) in [6.07, 6.45) is 14.1. The van der Waals surface area contributed by atoms with Crippen molar-refractivity contribution in [3.63, 3.8) is 0 Å². The number of hydroxylamine groups is 2. The lowest BCUT2D eigenvalue weighted by atomic mass is 9.88. The van der Waals surface area contributed by atoms with Crippen molar-refractivity contribution in [3.8, 4) is 0 Å². The van der Waals surface area contributed by atoms with E-state index < -0.39 is 0 Å². The van der Waals surface area contributed by atoms with E-state index in [1.54, 1.807) is 23.4 Å². The smallest absolute Gasteiger partial charge is 0.276 e. The van der Waals surface area contributed by atoms with E-state index in [1.807, 2.05) is 18.2 Å². The summed E-state index contributed by atoms with van der Waals surface area (Å²) >= 11 is 0. The van der Waals surface area contributed by atoms with E-state index in [4.69, 9.17) is 4.84 Å². The molecule has 0 radical (unpaired) electrons. The average molecular weight is 510 g/mol. The largest absolute Gasteiger partial charge is 0.369 e. The minimum Gasteiger partial charge on any atom is -0.369 e. The van der Waals surface area contributed by atoms with Crippen LogP contribution in [0.1, 0.15) is 71.9 Å². The van der Waals surface area contributed by atoms with Crippen LogP contribution in [0.25, 0.3) is 6.08 Å². The van der Waals surface area contributed by atoms with Gasteiger partial charge in [-0.15, -0.1) is 0 Å². The Morgan fingerprint density at radius 3 is 2.43 bits per heavy atom. The van der Waals surface area contributed by atoms with Gasteiger partial charge in [0.05, 0.1) is 5.69 Å². The van der Waals surface area contributed by atoms with Gasteiger partial charge in [0.25, 0.3) is 5.91 Å². The highest BCUT2D eigenvalue weighted by Gasteiger charge is 2.41. The Kier molecular flexibility index (Phi) is 9.30. The van der Waals surface area contributed by atoms with Crippen LogP contribution >= 0.6 is 0 Å². The summed E-state index contributed by atoms with van der Waals surface area (Å²) in [7, 11) is 4.39. The maximum Gasteiger partial charge on any atom is 0.276 e. The third kappa shape index (κ3) is 7.14. The molecule has 1 saturated heterocycles. The topological polar surface area (TPSA) is 52.2 Å². The molecule has 1 aromatic rings. The molecule has 0 unspecified atom stereocenters. The Balaban J connectivity index is 1.62. The molecule has 204 valence electrons. The SMILES string of the molecule is CC(C)C[C@@H]1CN2C(=CN(C3CCC(N(C)C)CC3)C[C@@H]2CC(C)C)N(C(=O)/C=C/c2ccccn2)O1. The molecule has 37 heavy (non-hydrogen) atoms. The number of hydrogen-bond donors (Lipinski definition) is 0. The molecule has 0 aromatic carbocycles. The van der Waals surface area contributed by atoms with Gasteiger partial charge in [0, 0.05) is 49.7 Å². The van der Waals surface area contributed by atoms with Crippen LogP contribution in [0.4, 0.5) is 0 Å². The van der Waals surface area contributed by atoms with Gasteiger partial charge in [-0.3, -0.25) is 14.6 Å². The molecule has 3 heterocycles. The van der Waals surface area contributed by atoms with Crippen LogP contribution in [-0.4, -0.2) is 82.1 Å². The summed E-state index contributed by atoms with van der Waals surface area (Å²) in [6, 6.07) is 7.25. The molecule has 0 spiro atoms. The van der Waals surface area contributed by atoms with Gasteiger partial charge in [-0.25, -0.2) is 0 Å². The van der Waals surface area contributed by atoms with Crippen molar-refractivity contribution in [2.75, 3.05) is 27.2 Å². The first-order valence-electron chi connectivity index (χ1n) is 14.2. The fourth-order valence-corrected chi connectivity index (χ4v) is 6.09. The Hall–Kier alpha value is -2.38. The highest BCUT2D eigenvalue weighted by atomic mass is 16.7. The van der Waals surface area contributed by atoms with Gasteiger partial charge in [0.1, 0.15) is 6.10 Å². The van der Waals surface area contributed by atoms with E-state index in [0.29, 0.717) is 30.0 Å². The zero-order valence-electron chi connectivity index (χ0n) is 23.7. The van der Waals surface area contributed by atoms with E-state index >= 15 is 0 Å². The second-order valence-corrected chi connectivity index (χ2v) is 12.1. The fourth-order valence-electron chi connectivity index (χ4n) is 6.09. The minimum atomic E-state index is -0.156. The molecule has 7 nitrogen and oxygen atoms in total. The molecule has 2 atom stereocenters. The number of rotatable bonds is 8. The average Bonchev–Trinajstić information content (AvgIpc) is 2.87. The molecule has 1 saturated carbocycles. The van der Waals surface area contributed by atoms with Crippen molar-refractivity contribution in [1.29, 1.82) is 0 Å². The van der Waals surface area contributed by atoms with Gasteiger partial charge in [-0.2, -0.15) is 5.06 Å². The fraction of sp³-hybridized carbons (Fsp3) is 0.667. The number of pyridine rings is 1. The van der Waals surface area contributed by atoms with Crippen LogP contribution in [0.15, 0.2) is 42.5 Å². The summed E-state index contributed by atoms with van der Waals surface area (Å²) in [5.74, 6) is 1.81. The molecule has 2 aliphatic heterocycles. The number of carbonyl (C=O) groups is 1. The number of nitrogens with zero attached hydrogens (tertiary/aromatic N) is 5. The van der Waals surface area contributed by atoms with E-state index in [-0.39, 0.29) is 12.0 Å². The van der Waals surface area contributed by atoms with Crippen molar-refractivity contribution < 1.29 is 9.63 Å². The lowest BCUT2D eigenvalue weighted by Gasteiger charge is -2.52. The van der Waals surface area contributed by atoms with Crippen molar-refractivity contribution in [1.82, 2.24) is 24.7 Å². The number of hydrogen-bond acceptors (Lipinski definition) is 6. The molecule has 7 heteroatoms. The number of carbonyl (C=O) groups excluding carboxylic acids is 1. The molecule has 4 rings (SSSR count). The monoisotopic (exact) mass is 509 g/mol. The van der Waals surface area contributed by atoms with Crippen molar-refractivity contribution in [2.24, 2.45) is 11.8 Å². The van der Waals surface area contributed by atoms with Crippen LogP contribution in [-0.2, 0) is 9.63 Å². The second kappa shape index (κ2) is 12.4. The maximum atomic E-state index is 13.6. The van der Waals surface area contributed by atoms with E-state index in [1.165, 1.54) is 25.7 Å². The van der Waals surface area contributed by atoms with Crippen LogP contribution < -0.4 is 0 Å². The van der Waals surface area contributed by atoms with Crippen LogP contribution in [0.5, 0.6) is 0 Å². The minimum absolute atomic E-state index is 0.0129. The summed E-state index contributed by atoms with van der Waals surface area (Å²) in [5.41, 5.74) is 0.762. The summed E-state index contributed by atoms with van der Waals surface area (Å²) < 4.78 is 0. The molecule has 3 aliphatic rings. The molecule has 2 fully saturated rings. The number of aromatic nitrogens is 1. The third-order valence-electron chi connectivity index (χ3n) is 7.93. The van der Waals surface area contributed by atoms with E-state index in [9.17, 15) is 4.79 Å². The molecule has 1 aromatic heterocycles. The summed E-state index contributed by atoms with van der Waals surface area (Å²) in [4.78, 5) is 31.7. The first kappa shape index (κ1) is 27.6. The van der Waals surface area contributed by atoms with Crippen LogP contribution in [0.3, 0.4) is 0 Å². The molecule has 0 N–H and O–H groups in total. The van der Waals surface area contributed by atoms with Gasteiger partial charge in [0.15, 0.2) is 5.82 Å². The lowest BCUT2D eigenvalue weighted by molar-refractivity contribution is -0.228. The Bertz CT molecular complexity index is 937. The van der Waals surface area contributed by atoms with Crippen molar-refractivity contribution in [3.05, 3.63) is 48.2 Å². The highest BCUT2D eigenvalue weighted by molar-refractivity contribution is 5.92. The Labute approximate surface area is 224 Å². The van der Waals surface area contributed by atoms with Crippen LogP contribution in [0.2, 0.25) is 0 Å². The first-order chi connectivity index (χ1) is 17.7. The third-order valence-corrected chi connectivity index (χ3v) is 7.93. The standard InChI is InChI=1S/C30H47N5O2/c1-22(2)17-27-19-33(26-13-11-25(12-14-26)32(5)6)21-29-34(27)20-28(18-23(3)4)37-35(29)30(36)15-10-24-9-7-8-16-31-24/h7-10,15-16,21-23,25-28H,11-14,17-20H2,1-6H3/b15-10+/t25?,26?,27-,28+/m0/s1. The quantitative estimate of drug-likeness (QED) is 0.461. The van der Waals surface area contributed by atoms with Crippen molar-refractivity contribution >= 4 is 12.0 Å². The highest BCUT2D eigenvalue weighted by Crippen LogP contribution is 2.35. The number of fused-ring (bicyclic) bond motifs is 1. The van der Waals surface area contributed by atoms with E-state index in [2.05, 4.69) is 67.7 Å². The molecular formula is C30H47N5O2. The van der Waals surface area contributed by atoms with Crippen LogP contribution in [0, 0.1) is 11.8 Å².